The van der Waals surface area contributed by atoms with Gasteiger partial charge in [0.25, 0.3) is 5.91 Å². The largest absolute Gasteiger partial charge is 0.494 e. The summed E-state index contributed by atoms with van der Waals surface area (Å²) in [4.78, 5) is 24.9. The minimum Gasteiger partial charge on any atom is -0.494 e. The van der Waals surface area contributed by atoms with Gasteiger partial charge < -0.3 is 25.4 Å². The van der Waals surface area contributed by atoms with Gasteiger partial charge in [-0.3, -0.25) is 14.3 Å². The van der Waals surface area contributed by atoms with Crippen molar-refractivity contribution < 1.29 is 19.1 Å². The number of methoxy groups -OCH3 is 1. The summed E-state index contributed by atoms with van der Waals surface area (Å²) in [6.07, 6.45) is 6.46. The van der Waals surface area contributed by atoms with Crippen LogP contribution in [0.25, 0.3) is 11.1 Å². The Kier molecular flexibility index (Phi) is 6.81. The van der Waals surface area contributed by atoms with Crippen LogP contribution in [0, 0.1) is 5.92 Å². The van der Waals surface area contributed by atoms with Crippen molar-refractivity contribution in [1.82, 2.24) is 25.3 Å². The lowest BCUT2D eigenvalue weighted by molar-refractivity contribution is -0.117. The fourth-order valence-electron chi connectivity index (χ4n) is 4.17. The molecule has 3 heterocycles. The van der Waals surface area contributed by atoms with E-state index < -0.39 is 0 Å². The predicted molar refractivity (Wildman–Crippen MR) is 133 cm³/mol. The number of benzene rings is 1. The number of para-hydroxylation sites is 1. The highest BCUT2D eigenvalue weighted by atomic mass is 16.5. The average molecular weight is 492 g/mol. The molecule has 0 spiro atoms. The third kappa shape index (κ3) is 5.01. The van der Waals surface area contributed by atoms with Gasteiger partial charge in [-0.05, 0) is 32.3 Å². The molecular formula is C25H29N7O4. The molecule has 1 atom stereocenters. The summed E-state index contributed by atoms with van der Waals surface area (Å²) < 4.78 is 13.2. The van der Waals surface area contributed by atoms with Gasteiger partial charge in [0.2, 0.25) is 5.91 Å². The first-order valence-electron chi connectivity index (χ1n) is 12.1. The summed E-state index contributed by atoms with van der Waals surface area (Å²) in [5.74, 6) is 0.410. The van der Waals surface area contributed by atoms with Gasteiger partial charge in [-0.1, -0.05) is 12.1 Å². The quantitative estimate of drug-likeness (QED) is 0.416. The second-order valence-corrected chi connectivity index (χ2v) is 8.85. The number of nitrogens with zero attached hydrogens (tertiary/aromatic N) is 4. The molecule has 1 aromatic carbocycles. The van der Waals surface area contributed by atoms with Crippen molar-refractivity contribution in [3.05, 3.63) is 42.4 Å². The van der Waals surface area contributed by atoms with E-state index in [0.29, 0.717) is 30.3 Å². The van der Waals surface area contributed by atoms with E-state index in [2.05, 4.69) is 31.2 Å². The molecular weight excluding hydrogens is 462 g/mol. The van der Waals surface area contributed by atoms with E-state index in [4.69, 9.17) is 9.47 Å². The molecule has 3 N–H and O–H groups in total. The van der Waals surface area contributed by atoms with Gasteiger partial charge in [0, 0.05) is 42.5 Å². The zero-order valence-corrected chi connectivity index (χ0v) is 20.3. The van der Waals surface area contributed by atoms with Crippen molar-refractivity contribution in [2.24, 2.45) is 5.92 Å². The van der Waals surface area contributed by atoms with Crippen LogP contribution in [0.15, 0.2) is 36.7 Å². The second-order valence-electron chi connectivity index (χ2n) is 8.85. The maximum Gasteiger partial charge on any atom is 0.273 e. The van der Waals surface area contributed by atoms with Crippen LogP contribution in [0.5, 0.6) is 5.75 Å². The van der Waals surface area contributed by atoms with E-state index in [1.807, 2.05) is 36.0 Å². The molecule has 5 rings (SSSR count). The van der Waals surface area contributed by atoms with Gasteiger partial charge in [0.05, 0.1) is 37.3 Å². The van der Waals surface area contributed by atoms with Crippen LogP contribution in [0.4, 0.5) is 17.2 Å². The highest BCUT2D eigenvalue weighted by Gasteiger charge is 2.30. The van der Waals surface area contributed by atoms with E-state index >= 15 is 0 Å². The Balaban J connectivity index is 1.47. The monoisotopic (exact) mass is 491 g/mol. The summed E-state index contributed by atoms with van der Waals surface area (Å²) in [7, 11) is 1.59. The number of ether oxygens (including phenoxy) is 2. The van der Waals surface area contributed by atoms with Crippen LogP contribution in [-0.2, 0) is 9.53 Å². The fraction of sp³-hybridized carbons (Fsp3) is 0.400. The lowest BCUT2D eigenvalue weighted by atomic mass is 10.1. The van der Waals surface area contributed by atoms with Crippen LogP contribution >= 0.6 is 0 Å². The van der Waals surface area contributed by atoms with E-state index in [1.54, 1.807) is 19.4 Å². The van der Waals surface area contributed by atoms with Crippen molar-refractivity contribution >= 4 is 29.0 Å². The summed E-state index contributed by atoms with van der Waals surface area (Å²) in [5.41, 5.74) is 2.89. The zero-order chi connectivity index (χ0) is 25.1. The van der Waals surface area contributed by atoms with Gasteiger partial charge in [-0.2, -0.15) is 5.10 Å². The average Bonchev–Trinajstić information content (AvgIpc) is 3.37. The van der Waals surface area contributed by atoms with E-state index in [-0.39, 0.29) is 35.3 Å². The SMILES string of the molecule is CCNC(=O)c1nnc(NC(=O)C2CC2)cc1Nc1cccc(-c2cnn(C3CCOC3)c2)c1OC. The molecule has 1 saturated carbocycles. The first-order valence-corrected chi connectivity index (χ1v) is 12.1. The van der Waals surface area contributed by atoms with Crippen LogP contribution in [0.2, 0.25) is 0 Å². The lowest BCUT2D eigenvalue weighted by Gasteiger charge is -2.17. The number of rotatable bonds is 9. The van der Waals surface area contributed by atoms with Crippen LogP contribution in [0.1, 0.15) is 42.7 Å². The van der Waals surface area contributed by atoms with Crippen LogP contribution < -0.4 is 20.7 Å². The van der Waals surface area contributed by atoms with Crippen molar-refractivity contribution in [1.29, 1.82) is 0 Å². The molecule has 2 aromatic heterocycles. The van der Waals surface area contributed by atoms with Gasteiger partial charge in [-0.25, -0.2) is 0 Å². The smallest absolute Gasteiger partial charge is 0.273 e. The number of anilines is 3. The minimum atomic E-state index is -0.372. The highest BCUT2D eigenvalue weighted by molar-refractivity contribution is 6.00. The van der Waals surface area contributed by atoms with Crippen molar-refractivity contribution in [3.63, 3.8) is 0 Å². The summed E-state index contributed by atoms with van der Waals surface area (Å²) in [6.45, 7) is 3.65. The number of hydrogen-bond acceptors (Lipinski definition) is 8. The Morgan fingerprint density at radius 1 is 1.19 bits per heavy atom. The Morgan fingerprint density at radius 3 is 2.78 bits per heavy atom. The molecule has 188 valence electrons. The Hall–Kier alpha value is -3.99. The molecule has 0 bridgehead atoms. The number of aromatic nitrogens is 4. The molecule has 1 aliphatic carbocycles. The normalized spacial score (nSPS) is 17.0. The van der Waals surface area contributed by atoms with E-state index in [0.717, 1.165) is 37.0 Å². The Labute approximate surface area is 208 Å². The molecule has 11 nitrogen and oxygen atoms in total. The number of amides is 2. The standard InChI is InChI=1S/C25H29N7O4/c1-3-26-25(34)22-20(11-21(30-31-22)29-24(33)15-7-8-15)28-19-6-4-5-18(23(19)35-2)16-12-27-32(13-16)17-9-10-36-14-17/h4-6,11-13,15,17H,3,7-10,14H2,1-2H3,(H,26,34)(H2,28,29,30,33). The second kappa shape index (κ2) is 10.3. The first kappa shape index (κ1) is 23.7. The maximum atomic E-state index is 12.7. The molecule has 1 saturated heterocycles. The fourth-order valence-corrected chi connectivity index (χ4v) is 4.17. The third-order valence-corrected chi connectivity index (χ3v) is 6.23. The van der Waals surface area contributed by atoms with E-state index in [9.17, 15) is 9.59 Å². The minimum absolute atomic E-state index is 0.0137. The number of hydrogen-bond donors (Lipinski definition) is 3. The Morgan fingerprint density at radius 2 is 2.06 bits per heavy atom. The third-order valence-electron chi connectivity index (χ3n) is 6.23. The molecule has 3 aromatic rings. The van der Waals surface area contributed by atoms with Crippen molar-refractivity contribution in [2.45, 2.75) is 32.2 Å². The molecule has 2 fully saturated rings. The van der Waals surface area contributed by atoms with Crippen LogP contribution in [0.3, 0.4) is 0 Å². The van der Waals surface area contributed by atoms with Gasteiger partial charge in [0.1, 0.15) is 5.75 Å². The first-order chi connectivity index (χ1) is 17.6. The van der Waals surface area contributed by atoms with Gasteiger partial charge >= 0.3 is 0 Å². The molecule has 1 unspecified atom stereocenters. The molecule has 0 radical (unpaired) electrons. The zero-order valence-electron chi connectivity index (χ0n) is 20.3. The van der Waals surface area contributed by atoms with Crippen molar-refractivity contribution in [2.75, 3.05) is 37.5 Å². The maximum absolute atomic E-state index is 12.7. The number of nitrogens with one attached hydrogen (secondary N) is 3. The molecule has 2 amide bonds. The Bertz CT molecular complexity index is 1270. The molecule has 1 aliphatic heterocycles. The molecule has 11 heteroatoms. The summed E-state index contributed by atoms with van der Waals surface area (Å²) in [6, 6.07) is 7.53. The van der Waals surface area contributed by atoms with Gasteiger partial charge in [0.15, 0.2) is 11.5 Å². The predicted octanol–water partition coefficient (Wildman–Crippen LogP) is 3.15. The summed E-state index contributed by atoms with van der Waals surface area (Å²) in [5, 5.41) is 21.5. The molecule has 2 aliphatic rings. The number of carbonyl (C=O) groups excluding carboxylic acids is 2. The number of carbonyl (C=O) groups is 2. The molecule has 36 heavy (non-hydrogen) atoms. The highest BCUT2D eigenvalue weighted by Crippen LogP contribution is 2.39. The topological polar surface area (TPSA) is 132 Å². The summed E-state index contributed by atoms with van der Waals surface area (Å²) >= 11 is 0. The van der Waals surface area contributed by atoms with Crippen LogP contribution in [-0.4, -0.2) is 58.7 Å². The van der Waals surface area contributed by atoms with Crippen molar-refractivity contribution in [3.8, 4) is 16.9 Å². The lowest BCUT2D eigenvalue weighted by Crippen LogP contribution is -2.25. The van der Waals surface area contributed by atoms with Gasteiger partial charge in [-0.15, -0.1) is 10.2 Å². The van der Waals surface area contributed by atoms with E-state index in [1.165, 1.54) is 0 Å².